The Morgan fingerprint density at radius 2 is 2.17 bits per heavy atom. The smallest absolute Gasteiger partial charge is 0.275 e. The zero-order valence-corrected chi connectivity index (χ0v) is 9.11. The summed E-state index contributed by atoms with van der Waals surface area (Å²) in [4.78, 5) is 29.3. The number of benzene rings is 1. The topological polar surface area (TPSA) is 98.0 Å². The molecule has 1 amide bonds. The number of carbonyl (C=O) groups is 1. The highest BCUT2D eigenvalue weighted by molar-refractivity contribution is 6.02. The van der Waals surface area contributed by atoms with Gasteiger partial charge in [0.05, 0.1) is 11.1 Å². The molecule has 7 nitrogen and oxygen atoms in total. The van der Waals surface area contributed by atoms with E-state index in [9.17, 15) is 14.9 Å². The number of amides is 1. The summed E-state index contributed by atoms with van der Waals surface area (Å²) in [7, 11) is 0. The van der Waals surface area contributed by atoms with Gasteiger partial charge in [-0.15, -0.1) is 0 Å². The molecule has 0 aliphatic carbocycles. The average Bonchev–Trinajstić information content (AvgIpc) is 2.40. The number of nitro groups is 1. The number of carbonyl (C=O) groups excluding carboxylic acids is 1. The lowest BCUT2D eigenvalue weighted by atomic mass is 10.2. The first-order valence-electron chi connectivity index (χ1n) is 4.98. The predicted octanol–water partition coefficient (Wildman–Crippen LogP) is 1.64. The standard InChI is InChI=1S/C11H8N4O3/c16-11(10-7-12-4-5-13-10)14-8-2-1-3-9(6-8)15(17)18/h1-7H,(H,14,16). The van der Waals surface area contributed by atoms with Gasteiger partial charge in [-0.05, 0) is 6.07 Å². The number of nitrogens with one attached hydrogen (secondary N) is 1. The van der Waals surface area contributed by atoms with Crippen molar-refractivity contribution in [1.82, 2.24) is 9.97 Å². The van der Waals surface area contributed by atoms with Crippen LogP contribution in [0.25, 0.3) is 0 Å². The molecular formula is C11H8N4O3. The van der Waals surface area contributed by atoms with Crippen molar-refractivity contribution in [2.24, 2.45) is 0 Å². The second-order valence-electron chi connectivity index (χ2n) is 3.35. The van der Waals surface area contributed by atoms with Crippen LogP contribution in [0.3, 0.4) is 0 Å². The molecule has 2 rings (SSSR count). The Kier molecular flexibility index (Phi) is 3.24. The van der Waals surface area contributed by atoms with Gasteiger partial charge in [-0.2, -0.15) is 0 Å². The molecular weight excluding hydrogens is 236 g/mol. The van der Waals surface area contributed by atoms with Crippen LogP contribution in [-0.2, 0) is 0 Å². The summed E-state index contributed by atoms with van der Waals surface area (Å²) in [5, 5.41) is 13.1. The van der Waals surface area contributed by atoms with E-state index in [-0.39, 0.29) is 11.4 Å². The van der Waals surface area contributed by atoms with Crippen LogP contribution in [0, 0.1) is 10.1 Å². The third kappa shape index (κ3) is 2.64. The Hall–Kier alpha value is -2.83. The van der Waals surface area contributed by atoms with E-state index in [1.165, 1.54) is 36.8 Å². The normalized spacial score (nSPS) is 9.78. The van der Waals surface area contributed by atoms with E-state index >= 15 is 0 Å². The molecule has 1 heterocycles. The molecule has 1 aromatic heterocycles. The van der Waals surface area contributed by atoms with E-state index in [2.05, 4.69) is 15.3 Å². The molecule has 1 aromatic carbocycles. The minimum Gasteiger partial charge on any atom is -0.320 e. The van der Waals surface area contributed by atoms with E-state index in [4.69, 9.17) is 0 Å². The summed E-state index contributed by atoms with van der Waals surface area (Å²) in [6, 6.07) is 5.66. The highest BCUT2D eigenvalue weighted by atomic mass is 16.6. The molecule has 0 spiro atoms. The lowest BCUT2D eigenvalue weighted by Crippen LogP contribution is -2.13. The average molecular weight is 244 g/mol. The Balaban J connectivity index is 2.17. The van der Waals surface area contributed by atoms with Crippen LogP contribution in [0.15, 0.2) is 42.9 Å². The van der Waals surface area contributed by atoms with Crippen molar-refractivity contribution in [1.29, 1.82) is 0 Å². The van der Waals surface area contributed by atoms with Gasteiger partial charge in [0.15, 0.2) is 0 Å². The zero-order chi connectivity index (χ0) is 13.0. The fourth-order valence-electron chi connectivity index (χ4n) is 1.31. The monoisotopic (exact) mass is 244 g/mol. The molecule has 0 aliphatic rings. The first-order valence-corrected chi connectivity index (χ1v) is 4.98. The SMILES string of the molecule is O=C(Nc1cccc([N+](=O)[O-])c1)c1cnccn1. The summed E-state index contributed by atoms with van der Waals surface area (Å²) in [6.07, 6.45) is 4.15. The Morgan fingerprint density at radius 1 is 1.33 bits per heavy atom. The zero-order valence-electron chi connectivity index (χ0n) is 9.11. The lowest BCUT2D eigenvalue weighted by Gasteiger charge is -2.03. The number of aromatic nitrogens is 2. The second kappa shape index (κ2) is 5.00. The molecule has 0 radical (unpaired) electrons. The largest absolute Gasteiger partial charge is 0.320 e. The van der Waals surface area contributed by atoms with Crippen molar-refractivity contribution in [3.8, 4) is 0 Å². The number of hydrogen-bond acceptors (Lipinski definition) is 5. The Labute approximate surface area is 102 Å². The van der Waals surface area contributed by atoms with Gasteiger partial charge >= 0.3 is 0 Å². The first-order chi connectivity index (χ1) is 8.66. The van der Waals surface area contributed by atoms with E-state index in [0.29, 0.717) is 5.69 Å². The van der Waals surface area contributed by atoms with Gasteiger partial charge in [-0.1, -0.05) is 6.07 Å². The second-order valence-corrected chi connectivity index (χ2v) is 3.35. The van der Waals surface area contributed by atoms with Gasteiger partial charge in [0.2, 0.25) is 0 Å². The van der Waals surface area contributed by atoms with Crippen LogP contribution in [-0.4, -0.2) is 20.8 Å². The summed E-state index contributed by atoms with van der Waals surface area (Å²) in [5.74, 6) is -0.469. The third-order valence-electron chi connectivity index (χ3n) is 2.11. The molecule has 90 valence electrons. The van der Waals surface area contributed by atoms with E-state index in [1.807, 2.05) is 0 Å². The predicted molar refractivity (Wildman–Crippen MR) is 63.1 cm³/mol. The minimum atomic E-state index is -0.530. The van der Waals surface area contributed by atoms with Gasteiger partial charge in [0.25, 0.3) is 11.6 Å². The number of nitrogens with zero attached hydrogens (tertiary/aromatic N) is 3. The summed E-state index contributed by atoms with van der Waals surface area (Å²) < 4.78 is 0. The van der Waals surface area contributed by atoms with Crippen LogP contribution < -0.4 is 5.32 Å². The fraction of sp³-hybridized carbons (Fsp3) is 0. The van der Waals surface area contributed by atoms with Gasteiger partial charge in [0, 0.05) is 30.2 Å². The molecule has 2 aromatic rings. The van der Waals surface area contributed by atoms with Crippen LogP contribution in [0.1, 0.15) is 10.5 Å². The van der Waals surface area contributed by atoms with Crippen molar-refractivity contribution in [3.05, 3.63) is 58.7 Å². The molecule has 0 unspecified atom stereocenters. The molecule has 0 aliphatic heterocycles. The van der Waals surface area contributed by atoms with Crippen molar-refractivity contribution in [2.75, 3.05) is 5.32 Å². The van der Waals surface area contributed by atoms with Crippen molar-refractivity contribution in [3.63, 3.8) is 0 Å². The summed E-state index contributed by atoms with van der Waals surface area (Å²) >= 11 is 0. The molecule has 1 N–H and O–H groups in total. The van der Waals surface area contributed by atoms with E-state index in [0.717, 1.165) is 0 Å². The lowest BCUT2D eigenvalue weighted by molar-refractivity contribution is -0.384. The van der Waals surface area contributed by atoms with Crippen molar-refractivity contribution in [2.45, 2.75) is 0 Å². The van der Waals surface area contributed by atoms with Gasteiger partial charge < -0.3 is 5.32 Å². The quantitative estimate of drug-likeness (QED) is 0.653. The van der Waals surface area contributed by atoms with Gasteiger partial charge in [-0.25, -0.2) is 4.98 Å². The fourth-order valence-corrected chi connectivity index (χ4v) is 1.31. The van der Waals surface area contributed by atoms with Crippen LogP contribution in [0.2, 0.25) is 0 Å². The van der Waals surface area contributed by atoms with Gasteiger partial charge in [0.1, 0.15) is 5.69 Å². The summed E-state index contributed by atoms with van der Waals surface area (Å²) in [6.45, 7) is 0. The van der Waals surface area contributed by atoms with Gasteiger partial charge in [-0.3, -0.25) is 19.9 Å². The van der Waals surface area contributed by atoms with E-state index < -0.39 is 10.8 Å². The van der Waals surface area contributed by atoms with E-state index in [1.54, 1.807) is 6.07 Å². The number of rotatable bonds is 3. The highest BCUT2D eigenvalue weighted by Crippen LogP contribution is 2.17. The highest BCUT2D eigenvalue weighted by Gasteiger charge is 2.10. The third-order valence-corrected chi connectivity index (χ3v) is 2.11. The Bertz CT molecular complexity index is 586. The first kappa shape index (κ1) is 11.6. The molecule has 18 heavy (non-hydrogen) atoms. The van der Waals surface area contributed by atoms with Crippen LogP contribution in [0.4, 0.5) is 11.4 Å². The number of non-ortho nitro benzene ring substituents is 1. The maximum atomic E-state index is 11.7. The minimum absolute atomic E-state index is 0.0908. The number of anilines is 1. The van der Waals surface area contributed by atoms with Crippen LogP contribution in [0.5, 0.6) is 0 Å². The van der Waals surface area contributed by atoms with Crippen molar-refractivity contribution < 1.29 is 9.72 Å². The molecule has 7 heteroatoms. The van der Waals surface area contributed by atoms with Crippen molar-refractivity contribution >= 4 is 17.3 Å². The number of hydrogen-bond donors (Lipinski definition) is 1. The molecule has 0 bridgehead atoms. The molecule has 0 saturated heterocycles. The van der Waals surface area contributed by atoms with Crippen LogP contribution >= 0.6 is 0 Å². The Morgan fingerprint density at radius 3 is 2.83 bits per heavy atom. The maximum absolute atomic E-state index is 11.7. The summed E-state index contributed by atoms with van der Waals surface area (Å²) in [5.41, 5.74) is 0.385. The number of nitro benzene ring substituents is 1. The molecule has 0 saturated carbocycles. The maximum Gasteiger partial charge on any atom is 0.275 e. The molecule has 0 atom stereocenters. The molecule has 0 fully saturated rings.